The third-order valence-electron chi connectivity index (χ3n) is 1.62. The summed E-state index contributed by atoms with van der Waals surface area (Å²) >= 11 is 5.37. The highest BCUT2D eigenvalue weighted by Crippen LogP contribution is 2.25. The van der Waals surface area contributed by atoms with Crippen molar-refractivity contribution in [1.82, 2.24) is 4.98 Å². The first-order valence-electron chi connectivity index (χ1n) is 3.90. The highest BCUT2D eigenvalue weighted by Gasteiger charge is 2.33. The molecule has 8 heteroatoms. The van der Waals surface area contributed by atoms with Gasteiger partial charge >= 0.3 is 6.36 Å². The first-order chi connectivity index (χ1) is 7.37. The number of hydrogen-bond acceptors (Lipinski definition) is 3. The van der Waals surface area contributed by atoms with E-state index < -0.39 is 23.7 Å². The van der Waals surface area contributed by atoms with E-state index in [1.807, 2.05) is 4.98 Å². The van der Waals surface area contributed by atoms with E-state index in [-0.39, 0.29) is 17.4 Å². The van der Waals surface area contributed by atoms with E-state index in [9.17, 15) is 22.8 Å². The number of rotatable bonds is 3. The van der Waals surface area contributed by atoms with Gasteiger partial charge in [-0.25, -0.2) is 0 Å². The zero-order valence-electron chi connectivity index (χ0n) is 7.60. The summed E-state index contributed by atoms with van der Waals surface area (Å²) in [6.45, 7) is 0. The van der Waals surface area contributed by atoms with Crippen molar-refractivity contribution in [2.75, 3.05) is 0 Å². The second kappa shape index (κ2) is 4.56. The van der Waals surface area contributed by atoms with Crippen LogP contribution in [0.2, 0.25) is 0 Å². The minimum atomic E-state index is -4.97. The van der Waals surface area contributed by atoms with Gasteiger partial charge in [-0.05, 0) is 0 Å². The first-order valence-corrected chi connectivity index (χ1v) is 4.44. The van der Waals surface area contributed by atoms with E-state index in [1.54, 1.807) is 0 Å². The van der Waals surface area contributed by atoms with Crippen LogP contribution < -0.4 is 10.3 Å². The molecule has 0 bridgehead atoms. The Morgan fingerprint density at radius 1 is 1.50 bits per heavy atom. The smallest absolute Gasteiger partial charge is 0.389 e. The van der Waals surface area contributed by atoms with Gasteiger partial charge in [0.2, 0.25) is 5.88 Å². The summed E-state index contributed by atoms with van der Waals surface area (Å²) in [5.74, 6) is -1.26. The molecule has 0 radical (unpaired) electrons. The van der Waals surface area contributed by atoms with E-state index in [0.717, 1.165) is 6.07 Å². The molecule has 1 N–H and O–H groups in total. The molecule has 1 heterocycles. The molecule has 0 saturated heterocycles. The van der Waals surface area contributed by atoms with Gasteiger partial charge in [0.05, 0.1) is 5.88 Å². The molecular formula is C8H5ClF3NO3. The maximum atomic E-state index is 11.9. The van der Waals surface area contributed by atoms with Crippen molar-refractivity contribution in [3.8, 4) is 5.88 Å². The van der Waals surface area contributed by atoms with Crippen molar-refractivity contribution in [1.29, 1.82) is 0 Å². The normalized spacial score (nSPS) is 11.2. The zero-order chi connectivity index (χ0) is 12.3. The summed E-state index contributed by atoms with van der Waals surface area (Å²) < 4.78 is 39.4. The number of carbonyl (C=O) groups excluding carboxylic acids is 1. The molecule has 0 amide bonds. The van der Waals surface area contributed by atoms with Gasteiger partial charge in [-0.3, -0.25) is 14.6 Å². The lowest BCUT2D eigenvalue weighted by Crippen LogP contribution is -2.22. The molecule has 16 heavy (non-hydrogen) atoms. The molecule has 1 rings (SSSR count). The predicted octanol–water partition coefficient (Wildman–Crippen LogP) is 1.82. The van der Waals surface area contributed by atoms with Crippen LogP contribution in [0.3, 0.4) is 0 Å². The van der Waals surface area contributed by atoms with Crippen LogP contribution >= 0.6 is 11.6 Å². The van der Waals surface area contributed by atoms with Crippen molar-refractivity contribution >= 4 is 17.9 Å². The lowest BCUT2D eigenvalue weighted by molar-refractivity contribution is -0.276. The van der Waals surface area contributed by atoms with Crippen molar-refractivity contribution < 1.29 is 22.7 Å². The topological polar surface area (TPSA) is 59.2 Å². The van der Waals surface area contributed by atoms with Crippen molar-refractivity contribution in [3.63, 3.8) is 0 Å². The van der Waals surface area contributed by atoms with Gasteiger partial charge < -0.3 is 4.74 Å². The number of aromatic amines is 1. The van der Waals surface area contributed by atoms with Crippen LogP contribution in [-0.4, -0.2) is 17.6 Å². The van der Waals surface area contributed by atoms with E-state index in [2.05, 4.69) is 4.74 Å². The Bertz CT molecular complexity index is 455. The number of H-pyrrole nitrogens is 1. The van der Waals surface area contributed by atoms with Crippen molar-refractivity contribution in [2.24, 2.45) is 0 Å². The van der Waals surface area contributed by atoms with Crippen molar-refractivity contribution in [3.05, 3.63) is 27.5 Å². The standard InChI is InChI=1S/C8H5ClF3NO3/c9-2-5-4(3-14)1-6(15)13-7(5)16-8(10,11)12/h1,3H,2H2,(H,13,15). The van der Waals surface area contributed by atoms with Gasteiger partial charge in [0, 0.05) is 17.2 Å². The Labute approximate surface area is 92.0 Å². The van der Waals surface area contributed by atoms with E-state index in [4.69, 9.17) is 11.6 Å². The molecule has 4 nitrogen and oxygen atoms in total. The number of aromatic nitrogens is 1. The molecule has 88 valence electrons. The summed E-state index contributed by atoms with van der Waals surface area (Å²) in [5, 5.41) is 0. The molecule has 1 aromatic heterocycles. The lowest BCUT2D eigenvalue weighted by atomic mass is 10.2. The maximum Gasteiger partial charge on any atom is 0.574 e. The molecule has 1 aromatic rings. The third-order valence-corrected chi connectivity index (χ3v) is 1.89. The number of aldehydes is 1. The van der Waals surface area contributed by atoms with Gasteiger partial charge in [-0.2, -0.15) is 0 Å². The number of pyridine rings is 1. The van der Waals surface area contributed by atoms with E-state index in [1.165, 1.54) is 0 Å². The molecule has 0 spiro atoms. The number of carbonyl (C=O) groups is 1. The average molecular weight is 256 g/mol. The van der Waals surface area contributed by atoms with Crippen LogP contribution in [0.25, 0.3) is 0 Å². The number of ether oxygens (including phenoxy) is 1. The highest BCUT2D eigenvalue weighted by atomic mass is 35.5. The molecular weight excluding hydrogens is 251 g/mol. The Hall–Kier alpha value is -1.50. The third kappa shape index (κ3) is 2.99. The van der Waals surface area contributed by atoms with Gasteiger partial charge in [-0.1, -0.05) is 0 Å². The molecule has 0 atom stereocenters. The largest absolute Gasteiger partial charge is 0.574 e. The molecule has 0 aromatic carbocycles. The SMILES string of the molecule is O=Cc1cc(=O)[nH]c(OC(F)(F)F)c1CCl. The van der Waals surface area contributed by atoms with E-state index in [0.29, 0.717) is 0 Å². The fourth-order valence-electron chi connectivity index (χ4n) is 1.03. The zero-order valence-corrected chi connectivity index (χ0v) is 8.35. The Balaban J connectivity index is 3.31. The predicted molar refractivity (Wildman–Crippen MR) is 48.7 cm³/mol. The molecule has 0 aliphatic carbocycles. The molecule has 0 aliphatic rings. The molecule has 0 fully saturated rings. The second-order valence-electron chi connectivity index (χ2n) is 2.70. The summed E-state index contributed by atoms with van der Waals surface area (Å²) in [4.78, 5) is 23.2. The lowest BCUT2D eigenvalue weighted by Gasteiger charge is -2.12. The Kier molecular flexibility index (Phi) is 3.58. The van der Waals surface area contributed by atoms with Crippen LogP contribution in [0.4, 0.5) is 13.2 Å². The molecule has 0 unspecified atom stereocenters. The van der Waals surface area contributed by atoms with Crippen LogP contribution in [0.1, 0.15) is 15.9 Å². The summed E-state index contributed by atoms with van der Waals surface area (Å²) in [7, 11) is 0. The molecule has 0 saturated carbocycles. The highest BCUT2D eigenvalue weighted by molar-refractivity contribution is 6.17. The van der Waals surface area contributed by atoms with Crippen LogP contribution in [0, 0.1) is 0 Å². The number of nitrogens with one attached hydrogen (secondary N) is 1. The monoisotopic (exact) mass is 255 g/mol. The Morgan fingerprint density at radius 3 is 2.56 bits per heavy atom. The summed E-state index contributed by atoms with van der Waals surface area (Å²) in [6, 6.07) is 0.841. The minimum absolute atomic E-state index is 0.214. The molecule has 0 aliphatic heterocycles. The van der Waals surface area contributed by atoms with Crippen LogP contribution in [0.15, 0.2) is 10.9 Å². The fourth-order valence-corrected chi connectivity index (χ4v) is 1.30. The van der Waals surface area contributed by atoms with Crippen molar-refractivity contribution in [2.45, 2.75) is 12.2 Å². The Morgan fingerprint density at radius 2 is 2.12 bits per heavy atom. The maximum absolute atomic E-state index is 11.9. The van der Waals surface area contributed by atoms with Gasteiger partial charge in [-0.15, -0.1) is 24.8 Å². The van der Waals surface area contributed by atoms with Gasteiger partial charge in [0.1, 0.15) is 0 Å². The first kappa shape index (κ1) is 12.6. The summed E-state index contributed by atoms with van der Waals surface area (Å²) in [5.41, 5.74) is -1.33. The average Bonchev–Trinajstić information content (AvgIpc) is 2.14. The number of halogens is 4. The second-order valence-corrected chi connectivity index (χ2v) is 2.96. The summed E-state index contributed by atoms with van der Waals surface area (Å²) in [6.07, 6.45) is -4.73. The quantitative estimate of drug-likeness (QED) is 0.662. The minimum Gasteiger partial charge on any atom is -0.389 e. The number of hydrogen-bond donors (Lipinski definition) is 1. The van der Waals surface area contributed by atoms with Gasteiger partial charge in [0.15, 0.2) is 6.29 Å². The van der Waals surface area contributed by atoms with E-state index >= 15 is 0 Å². The van der Waals surface area contributed by atoms with Gasteiger partial charge in [0.25, 0.3) is 5.56 Å². The van der Waals surface area contributed by atoms with Crippen LogP contribution in [-0.2, 0) is 5.88 Å². The van der Waals surface area contributed by atoms with Crippen LogP contribution in [0.5, 0.6) is 5.88 Å². The fraction of sp³-hybridized carbons (Fsp3) is 0.250. The number of alkyl halides is 4.